The summed E-state index contributed by atoms with van der Waals surface area (Å²) in [5.41, 5.74) is 2.67. The number of H-pyrrole nitrogens is 1. The van der Waals surface area contributed by atoms with Crippen LogP contribution in [0, 0.1) is 18.4 Å². The first-order chi connectivity index (χ1) is 14.6. The maximum Gasteiger partial charge on any atom is 0.214 e. The molecule has 3 N–H and O–H groups in total. The molecule has 1 saturated heterocycles. The van der Waals surface area contributed by atoms with Gasteiger partial charge in [0.25, 0.3) is 0 Å². The van der Waals surface area contributed by atoms with E-state index in [0.29, 0.717) is 25.6 Å². The van der Waals surface area contributed by atoms with E-state index in [1.807, 2.05) is 48.5 Å². The van der Waals surface area contributed by atoms with Crippen LogP contribution in [0.5, 0.6) is 0 Å². The summed E-state index contributed by atoms with van der Waals surface area (Å²) >= 11 is 3.45. The third kappa shape index (κ3) is 3.94. The number of halogens is 1. The topological polar surface area (TPSA) is 116 Å². The lowest BCUT2D eigenvalue weighted by atomic mass is 10.1. The number of guanidine groups is 1. The summed E-state index contributed by atoms with van der Waals surface area (Å²) in [6.07, 6.45) is 5.33. The quantitative estimate of drug-likeness (QED) is 0.307. The number of aliphatic imine (C=N–C) groups is 1. The predicted octanol–water partition coefficient (Wildman–Crippen LogP) is 2.46. The van der Waals surface area contributed by atoms with Gasteiger partial charge < -0.3 is 25.2 Å². The number of hydrogen-bond donors (Lipinski definition) is 3. The SMILES string of the molecule is Cc1c[nH]c2ncnc(N3CCN(C(=NC#N)Nc4cccc(Br)c4)C(CO)C3)c12. The largest absolute Gasteiger partial charge is 0.394 e. The molecule has 2 aromatic heterocycles. The number of aliphatic hydroxyl groups is 1. The third-order valence-corrected chi connectivity index (χ3v) is 5.64. The third-order valence-electron chi connectivity index (χ3n) is 5.15. The summed E-state index contributed by atoms with van der Waals surface area (Å²) in [7, 11) is 0. The minimum absolute atomic E-state index is 0.0819. The van der Waals surface area contributed by atoms with Crippen molar-refractivity contribution in [3.05, 3.63) is 46.8 Å². The monoisotopic (exact) mass is 468 g/mol. The highest BCUT2D eigenvalue weighted by Gasteiger charge is 2.31. The number of nitriles is 1. The van der Waals surface area contributed by atoms with Crippen molar-refractivity contribution in [1.29, 1.82) is 5.26 Å². The van der Waals surface area contributed by atoms with Gasteiger partial charge in [-0.05, 0) is 30.7 Å². The predicted molar refractivity (Wildman–Crippen MR) is 119 cm³/mol. The average Bonchev–Trinajstić information content (AvgIpc) is 3.14. The van der Waals surface area contributed by atoms with Gasteiger partial charge in [-0.3, -0.25) is 0 Å². The Morgan fingerprint density at radius 3 is 3.07 bits per heavy atom. The molecule has 0 amide bonds. The number of aliphatic hydroxyl groups excluding tert-OH is 1. The van der Waals surface area contributed by atoms with Crippen LogP contribution in [-0.4, -0.2) is 63.2 Å². The molecule has 0 radical (unpaired) electrons. The number of fused-ring (bicyclic) bond motifs is 1. The van der Waals surface area contributed by atoms with Crippen LogP contribution in [0.2, 0.25) is 0 Å². The fraction of sp³-hybridized carbons (Fsp3) is 0.300. The van der Waals surface area contributed by atoms with Crippen molar-refractivity contribution in [2.75, 3.05) is 36.5 Å². The van der Waals surface area contributed by atoms with Gasteiger partial charge in [-0.2, -0.15) is 5.26 Å². The number of hydrogen-bond acceptors (Lipinski definition) is 6. The van der Waals surface area contributed by atoms with Crippen LogP contribution >= 0.6 is 15.9 Å². The molecular formula is C20H21BrN8O. The van der Waals surface area contributed by atoms with Gasteiger partial charge >= 0.3 is 0 Å². The highest BCUT2D eigenvalue weighted by molar-refractivity contribution is 9.10. The second-order valence-electron chi connectivity index (χ2n) is 7.04. The number of benzene rings is 1. The van der Waals surface area contributed by atoms with E-state index in [9.17, 15) is 10.4 Å². The van der Waals surface area contributed by atoms with E-state index in [1.165, 1.54) is 0 Å². The second-order valence-corrected chi connectivity index (χ2v) is 7.95. The van der Waals surface area contributed by atoms with Gasteiger partial charge in [-0.15, -0.1) is 4.99 Å². The number of aromatic amines is 1. The average molecular weight is 469 g/mol. The zero-order chi connectivity index (χ0) is 21.1. The Morgan fingerprint density at radius 2 is 2.30 bits per heavy atom. The number of nitrogens with zero attached hydrogens (tertiary/aromatic N) is 6. The Hall–Kier alpha value is -3.16. The first-order valence-electron chi connectivity index (χ1n) is 9.51. The summed E-state index contributed by atoms with van der Waals surface area (Å²) in [4.78, 5) is 20.0. The first kappa shape index (κ1) is 20.1. The van der Waals surface area contributed by atoms with Gasteiger partial charge in [-0.25, -0.2) is 9.97 Å². The van der Waals surface area contributed by atoms with Crippen molar-refractivity contribution in [2.45, 2.75) is 13.0 Å². The highest BCUT2D eigenvalue weighted by atomic mass is 79.9. The molecule has 0 bridgehead atoms. The minimum atomic E-state index is -0.255. The first-order valence-corrected chi connectivity index (χ1v) is 10.3. The molecule has 10 heteroatoms. The van der Waals surface area contributed by atoms with Crippen LogP contribution in [-0.2, 0) is 0 Å². The van der Waals surface area contributed by atoms with E-state index < -0.39 is 0 Å². The van der Waals surface area contributed by atoms with Gasteiger partial charge in [0.2, 0.25) is 12.2 Å². The van der Waals surface area contributed by atoms with E-state index in [2.05, 4.69) is 46.1 Å². The van der Waals surface area contributed by atoms with Gasteiger partial charge in [0.1, 0.15) is 17.8 Å². The summed E-state index contributed by atoms with van der Waals surface area (Å²) in [5, 5.41) is 23.5. The lowest BCUT2D eigenvalue weighted by Crippen LogP contribution is -2.58. The number of aryl methyl sites for hydroxylation is 1. The Bertz CT molecular complexity index is 1120. The molecule has 1 atom stereocenters. The molecular weight excluding hydrogens is 448 g/mol. The van der Waals surface area contributed by atoms with Crippen molar-refractivity contribution in [3.63, 3.8) is 0 Å². The highest BCUT2D eigenvalue weighted by Crippen LogP contribution is 2.28. The van der Waals surface area contributed by atoms with E-state index in [-0.39, 0.29) is 12.6 Å². The standard InChI is InChI=1S/C20H21BrN8O/c1-13-8-23-18-17(13)19(26-12-25-18)28-5-6-29(16(9-28)10-30)20(24-11-22)27-15-4-2-3-14(21)7-15/h2-4,7-8,12,16,30H,5-6,9-10H2,1H3,(H,24,27)(H,23,25,26). The van der Waals surface area contributed by atoms with Crippen molar-refractivity contribution in [1.82, 2.24) is 19.9 Å². The van der Waals surface area contributed by atoms with Crippen LogP contribution in [0.25, 0.3) is 11.0 Å². The molecule has 0 spiro atoms. The molecule has 9 nitrogen and oxygen atoms in total. The Morgan fingerprint density at radius 1 is 1.43 bits per heavy atom. The number of piperazine rings is 1. The lowest BCUT2D eigenvalue weighted by molar-refractivity contribution is 0.168. The van der Waals surface area contributed by atoms with Crippen LogP contribution in [0.4, 0.5) is 11.5 Å². The summed E-state index contributed by atoms with van der Waals surface area (Å²) in [6, 6.07) is 7.37. The fourth-order valence-electron chi connectivity index (χ4n) is 3.73. The molecule has 1 aliphatic heterocycles. The van der Waals surface area contributed by atoms with Crippen LogP contribution < -0.4 is 10.2 Å². The molecule has 0 aliphatic carbocycles. The Labute approximate surface area is 182 Å². The maximum atomic E-state index is 10.1. The number of nitrogens with one attached hydrogen (secondary N) is 2. The van der Waals surface area contributed by atoms with Crippen molar-refractivity contribution in [3.8, 4) is 6.19 Å². The van der Waals surface area contributed by atoms with Gasteiger partial charge in [0.15, 0.2) is 0 Å². The van der Waals surface area contributed by atoms with Gasteiger partial charge in [0, 0.05) is 36.0 Å². The van der Waals surface area contributed by atoms with E-state index in [4.69, 9.17) is 0 Å². The summed E-state index contributed by atoms with van der Waals surface area (Å²) in [5.74, 6) is 1.26. The molecule has 0 saturated carbocycles. The second kappa shape index (κ2) is 8.69. The van der Waals surface area contributed by atoms with Gasteiger partial charge in [-0.1, -0.05) is 22.0 Å². The van der Waals surface area contributed by atoms with Crippen molar-refractivity contribution >= 4 is 44.4 Å². The number of aromatic nitrogens is 3. The summed E-state index contributed by atoms with van der Waals surface area (Å²) < 4.78 is 0.919. The Kier molecular flexibility index (Phi) is 5.83. The zero-order valence-corrected chi connectivity index (χ0v) is 18.0. The normalized spacial score (nSPS) is 17.3. The van der Waals surface area contributed by atoms with Crippen LogP contribution in [0.1, 0.15) is 5.56 Å². The van der Waals surface area contributed by atoms with Crippen LogP contribution in [0.15, 0.2) is 46.3 Å². The molecule has 154 valence electrons. The number of anilines is 2. The molecule has 1 aliphatic rings. The van der Waals surface area contributed by atoms with Gasteiger partial charge in [0.05, 0.1) is 18.0 Å². The van der Waals surface area contributed by atoms with E-state index in [1.54, 1.807) is 6.33 Å². The molecule has 3 aromatic rings. The maximum absolute atomic E-state index is 10.1. The van der Waals surface area contributed by atoms with Crippen molar-refractivity contribution < 1.29 is 5.11 Å². The van der Waals surface area contributed by atoms with Crippen LogP contribution in [0.3, 0.4) is 0 Å². The van der Waals surface area contributed by atoms with E-state index in [0.717, 1.165) is 32.6 Å². The molecule has 30 heavy (non-hydrogen) atoms. The summed E-state index contributed by atoms with van der Waals surface area (Å²) in [6.45, 7) is 3.71. The van der Waals surface area contributed by atoms with Crippen molar-refractivity contribution in [2.24, 2.45) is 4.99 Å². The van der Waals surface area contributed by atoms with E-state index >= 15 is 0 Å². The molecule has 4 rings (SSSR count). The lowest BCUT2D eigenvalue weighted by Gasteiger charge is -2.42. The Balaban J connectivity index is 1.58. The zero-order valence-electron chi connectivity index (χ0n) is 16.4. The molecule has 1 fully saturated rings. The molecule has 3 heterocycles. The number of rotatable bonds is 3. The molecule has 1 aromatic carbocycles. The molecule has 1 unspecified atom stereocenters. The minimum Gasteiger partial charge on any atom is -0.394 e. The fourth-order valence-corrected chi connectivity index (χ4v) is 4.13. The smallest absolute Gasteiger partial charge is 0.214 e.